The van der Waals surface area contributed by atoms with E-state index in [1.54, 1.807) is 7.11 Å². The predicted octanol–water partition coefficient (Wildman–Crippen LogP) is 3.37. The lowest BCUT2D eigenvalue weighted by Crippen LogP contribution is -2.43. The molecule has 1 aliphatic heterocycles. The number of para-hydroxylation sites is 1. The maximum Gasteiger partial charge on any atom is 0.253 e. The van der Waals surface area contributed by atoms with Gasteiger partial charge in [0.15, 0.2) is 0 Å². The molecule has 0 aliphatic carbocycles. The molecule has 1 N–H and O–H groups in total. The minimum Gasteiger partial charge on any atom is -0.496 e. The molecule has 0 aromatic heterocycles. The molecule has 3 rings (SSSR count). The van der Waals surface area contributed by atoms with Gasteiger partial charge in [0.2, 0.25) is 5.91 Å². The zero-order chi connectivity index (χ0) is 21.3. The monoisotopic (exact) mass is 410 g/mol. The highest BCUT2D eigenvalue weighted by Gasteiger charge is 2.27. The Morgan fingerprint density at radius 2 is 1.77 bits per heavy atom. The van der Waals surface area contributed by atoms with Gasteiger partial charge in [0.25, 0.3) is 5.91 Å². The lowest BCUT2D eigenvalue weighted by molar-refractivity contribution is -0.126. The summed E-state index contributed by atoms with van der Waals surface area (Å²) >= 11 is 0. The summed E-state index contributed by atoms with van der Waals surface area (Å²) in [4.78, 5) is 27.0. The van der Waals surface area contributed by atoms with Crippen LogP contribution in [0.3, 0.4) is 0 Å². The van der Waals surface area contributed by atoms with Gasteiger partial charge in [-0.05, 0) is 43.5 Å². The largest absolute Gasteiger partial charge is 0.496 e. The number of carbonyl (C=O) groups excluding carboxylic acids is 2. The van der Waals surface area contributed by atoms with Crippen molar-refractivity contribution in [2.45, 2.75) is 19.8 Å². The van der Waals surface area contributed by atoms with Crippen LogP contribution in [0.1, 0.15) is 30.1 Å². The van der Waals surface area contributed by atoms with Crippen molar-refractivity contribution in [2.24, 2.45) is 5.92 Å². The molecule has 6 heteroatoms. The molecule has 0 spiro atoms. The molecule has 0 bridgehead atoms. The van der Waals surface area contributed by atoms with E-state index in [9.17, 15) is 9.59 Å². The topological polar surface area (TPSA) is 67.9 Å². The van der Waals surface area contributed by atoms with E-state index in [2.05, 4.69) is 5.32 Å². The fourth-order valence-electron chi connectivity index (χ4n) is 3.74. The first kappa shape index (κ1) is 21.8. The van der Waals surface area contributed by atoms with Crippen molar-refractivity contribution in [1.29, 1.82) is 0 Å². The zero-order valence-corrected chi connectivity index (χ0v) is 17.7. The second-order valence-corrected chi connectivity index (χ2v) is 7.33. The number of nitrogens with zero attached hydrogens (tertiary/aromatic N) is 1. The van der Waals surface area contributed by atoms with E-state index in [-0.39, 0.29) is 17.7 Å². The number of likely N-dealkylation sites (tertiary alicyclic amines) is 1. The van der Waals surface area contributed by atoms with Crippen molar-refractivity contribution >= 4 is 11.8 Å². The van der Waals surface area contributed by atoms with E-state index >= 15 is 0 Å². The first-order valence-corrected chi connectivity index (χ1v) is 10.5. The average molecular weight is 411 g/mol. The van der Waals surface area contributed by atoms with Crippen molar-refractivity contribution in [1.82, 2.24) is 10.2 Å². The molecule has 160 valence electrons. The van der Waals surface area contributed by atoms with Crippen LogP contribution in [-0.2, 0) is 9.53 Å². The molecule has 2 amide bonds. The van der Waals surface area contributed by atoms with Crippen LogP contribution < -0.4 is 10.1 Å². The molecular weight excluding hydrogens is 380 g/mol. The summed E-state index contributed by atoms with van der Waals surface area (Å²) in [5.41, 5.74) is 2.66. The van der Waals surface area contributed by atoms with Crippen LogP contribution in [0.4, 0.5) is 0 Å². The first-order valence-electron chi connectivity index (χ1n) is 10.5. The molecule has 2 aromatic rings. The molecule has 1 heterocycles. The van der Waals surface area contributed by atoms with Gasteiger partial charge in [0, 0.05) is 43.3 Å². The Morgan fingerprint density at radius 3 is 2.43 bits per heavy atom. The van der Waals surface area contributed by atoms with Crippen molar-refractivity contribution in [3.8, 4) is 16.9 Å². The summed E-state index contributed by atoms with van der Waals surface area (Å²) in [5.74, 6) is 0.835. The van der Waals surface area contributed by atoms with E-state index in [0.717, 1.165) is 16.9 Å². The number of benzene rings is 2. The fourth-order valence-corrected chi connectivity index (χ4v) is 3.74. The first-order chi connectivity index (χ1) is 14.6. The average Bonchev–Trinajstić information content (AvgIpc) is 2.81. The second-order valence-electron chi connectivity index (χ2n) is 7.33. The summed E-state index contributed by atoms with van der Waals surface area (Å²) in [6, 6.07) is 15.4. The number of ether oxygens (including phenoxy) is 2. The Kier molecular flexibility index (Phi) is 7.85. The summed E-state index contributed by atoms with van der Waals surface area (Å²) in [7, 11) is 1.65. The van der Waals surface area contributed by atoms with Crippen LogP contribution in [0.2, 0.25) is 0 Å². The molecule has 1 saturated heterocycles. The third-order valence-corrected chi connectivity index (χ3v) is 5.45. The molecule has 0 saturated carbocycles. The van der Waals surface area contributed by atoms with Crippen LogP contribution in [0, 0.1) is 5.92 Å². The minimum atomic E-state index is -0.0383. The molecule has 1 aliphatic rings. The lowest BCUT2D eigenvalue weighted by Gasteiger charge is -2.31. The number of piperidine rings is 1. The summed E-state index contributed by atoms with van der Waals surface area (Å²) < 4.78 is 10.7. The second kappa shape index (κ2) is 10.8. The van der Waals surface area contributed by atoms with E-state index in [4.69, 9.17) is 9.47 Å². The Labute approximate surface area is 178 Å². The molecule has 0 atom stereocenters. The van der Waals surface area contributed by atoms with Gasteiger partial charge in [-0.3, -0.25) is 9.59 Å². The number of methoxy groups -OCH3 is 1. The molecule has 6 nitrogen and oxygen atoms in total. The van der Waals surface area contributed by atoms with E-state index in [0.29, 0.717) is 51.3 Å². The number of hydrogen-bond donors (Lipinski definition) is 1. The smallest absolute Gasteiger partial charge is 0.253 e. The van der Waals surface area contributed by atoms with Gasteiger partial charge in [-0.25, -0.2) is 0 Å². The number of nitrogens with one attached hydrogen (secondary N) is 1. The molecular formula is C24H30N2O4. The SMILES string of the molecule is CCOCCNC(=O)C1CCN(C(=O)c2ccc(-c3ccccc3OC)cc2)CC1. The van der Waals surface area contributed by atoms with Gasteiger partial charge in [0.05, 0.1) is 13.7 Å². The standard InChI is InChI=1S/C24H30N2O4/c1-3-30-17-14-25-23(27)19-12-15-26(16-13-19)24(28)20-10-8-18(9-11-20)21-6-4-5-7-22(21)29-2/h4-11,19H,3,12-17H2,1-2H3,(H,25,27). The molecule has 0 unspecified atom stereocenters. The highest BCUT2D eigenvalue weighted by molar-refractivity contribution is 5.95. The van der Waals surface area contributed by atoms with Crippen LogP contribution >= 0.6 is 0 Å². The van der Waals surface area contributed by atoms with Gasteiger partial charge in [-0.2, -0.15) is 0 Å². The number of rotatable bonds is 8. The Bertz CT molecular complexity index is 843. The van der Waals surface area contributed by atoms with Crippen molar-refractivity contribution in [3.63, 3.8) is 0 Å². The maximum absolute atomic E-state index is 12.9. The molecule has 2 aromatic carbocycles. The van der Waals surface area contributed by atoms with Gasteiger partial charge in [-0.1, -0.05) is 30.3 Å². The summed E-state index contributed by atoms with van der Waals surface area (Å²) in [6.07, 6.45) is 1.37. The van der Waals surface area contributed by atoms with Crippen molar-refractivity contribution < 1.29 is 19.1 Å². The summed E-state index contributed by atoms with van der Waals surface area (Å²) in [6.45, 7) is 4.83. The third kappa shape index (κ3) is 5.39. The van der Waals surface area contributed by atoms with Gasteiger partial charge in [0.1, 0.15) is 5.75 Å². The van der Waals surface area contributed by atoms with Crippen LogP contribution in [-0.4, -0.2) is 56.7 Å². The third-order valence-electron chi connectivity index (χ3n) is 5.45. The highest BCUT2D eigenvalue weighted by Crippen LogP contribution is 2.30. The zero-order valence-electron chi connectivity index (χ0n) is 17.7. The van der Waals surface area contributed by atoms with E-state index < -0.39 is 0 Å². The molecule has 1 fully saturated rings. The van der Waals surface area contributed by atoms with E-state index in [1.165, 1.54) is 0 Å². The van der Waals surface area contributed by atoms with Gasteiger partial charge in [-0.15, -0.1) is 0 Å². The van der Waals surface area contributed by atoms with Crippen LogP contribution in [0.15, 0.2) is 48.5 Å². The fraction of sp³-hybridized carbons (Fsp3) is 0.417. The van der Waals surface area contributed by atoms with Crippen molar-refractivity contribution in [3.05, 3.63) is 54.1 Å². The maximum atomic E-state index is 12.9. The van der Waals surface area contributed by atoms with Crippen LogP contribution in [0.5, 0.6) is 5.75 Å². The molecule has 30 heavy (non-hydrogen) atoms. The lowest BCUT2D eigenvalue weighted by atomic mass is 9.95. The van der Waals surface area contributed by atoms with Crippen molar-refractivity contribution in [2.75, 3.05) is 40.0 Å². The van der Waals surface area contributed by atoms with Gasteiger partial charge < -0.3 is 19.7 Å². The number of carbonyl (C=O) groups is 2. The Hall–Kier alpha value is -2.86. The number of hydrogen-bond acceptors (Lipinski definition) is 4. The Morgan fingerprint density at radius 1 is 1.07 bits per heavy atom. The quantitative estimate of drug-likeness (QED) is 0.678. The predicted molar refractivity (Wildman–Crippen MR) is 117 cm³/mol. The normalized spacial score (nSPS) is 14.4. The Balaban J connectivity index is 1.54. The van der Waals surface area contributed by atoms with E-state index in [1.807, 2.05) is 60.4 Å². The minimum absolute atomic E-state index is 0.0109. The highest BCUT2D eigenvalue weighted by atomic mass is 16.5. The summed E-state index contributed by atoms with van der Waals surface area (Å²) in [5, 5.41) is 2.92. The van der Waals surface area contributed by atoms with Gasteiger partial charge >= 0.3 is 0 Å². The van der Waals surface area contributed by atoms with Crippen LogP contribution in [0.25, 0.3) is 11.1 Å². The number of amides is 2. The molecule has 0 radical (unpaired) electrons.